The summed E-state index contributed by atoms with van der Waals surface area (Å²) in [5.74, 6) is 1.05. The monoisotopic (exact) mass is 302 g/mol. The minimum absolute atomic E-state index is 0.0503. The summed E-state index contributed by atoms with van der Waals surface area (Å²) in [5, 5.41) is 7.56. The van der Waals surface area contributed by atoms with Crippen LogP contribution in [0.2, 0.25) is 0 Å². The molecule has 4 atom stereocenters. The quantitative estimate of drug-likeness (QED) is 0.821. The molecule has 3 saturated heterocycles. The molecule has 0 N–H and O–H groups in total. The van der Waals surface area contributed by atoms with E-state index in [9.17, 15) is 4.79 Å². The van der Waals surface area contributed by atoms with Crippen LogP contribution in [0, 0.1) is 11.8 Å². The Labute approximate surface area is 130 Å². The van der Waals surface area contributed by atoms with Crippen LogP contribution in [0.25, 0.3) is 0 Å². The molecule has 2 bridgehead atoms. The van der Waals surface area contributed by atoms with Crippen molar-refractivity contribution in [3.8, 4) is 0 Å². The molecule has 3 fully saturated rings. The molecule has 1 aromatic heterocycles. The Morgan fingerprint density at radius 2 is 2.36 bits per heavy atom. The molecular formula is C16H22N4O2. The van der Waals surface area contributed by atoms with Gasteiger partial charge in [0.2, 0.25) is 0 Å². The fourth-order valence-electron chi connectivity index (χ4n) is 4.61. The number of likely N-dealkylation sites (tertiary alicyclic amines) is 1. The van der Waals surface area contributed by atoms with Gasteiger partial charge in [-0.05, 0) is 33.0 Å². The lowest BCUT2D eigenvalue weighted by molar-refractivity contribution is 0.00255. The fourth-order valence-corrected chi connectivity index (χ4v) is 4.61. The molecule has 0 radical (unpaired) electrons. The Kier molecular flexibility index (Phi) is 3.20. The molecule has 1 spiro atoms. The maximum atomic E-state index is 12.7. The predicted molar refractivity (Wildman–Crippen MR) is 80.3 cm³/mol. The van der Waals surface area contributed by atoms with Crippen LogP contribution in [0.4, 0.5) is 0 Å². The van der Waals surface area contributed by atoms with E-state index in [-0.39, 0.29) is 11.5 Å². The second-order valence-corrected chi connectivity index (χ2v) is 7.11. The zero-order valence-electron chi connectivity index (χ0n) is 13.1. The van der Waals surface area contributed by atoms with Crippen molar-refractivity contribution in [3.63, 3.8) is 0 Å². The Bertz CT molecular complexity index is 579. The van der Waals surface area contributed by atoms with Crippen molar-refractivity contribution in [3.05, 3.63) is 24.0 Å². The van der Waals surface area contributed by atoms with Gasteiger partial charge in [0.25, 0.3) is 5.91 Å². The second kappa shape index (κ2) is 4.99. The molecule has 3 aliphatic rings. The summed E-state index contributed by atoms with van der Waals surface area (Å²) in [7, 11) is 4.22. The molecule has 6 heteroatoms. The highest BCUT2D eigenvalue weighted by molar-refractivity contribution is 5.94. The Morgan fingerprint density at radius 3 is 3.09 bits per heavy atom. The maximum absolute atomic E-state index is 12.7. The highest BCUT2D eigenvalue weighted by atomic mass is 16.5. The Balaban J connectivity index is 1.55. The molecule has 0 aromatic carbocycles. The summed E-state index contributed by atoms with van der Waals surface area (Å²) in [6.07, 6.45) is 5.72. The van der Waals surface area contributed by atoms with Gasteiger partial charge in [-0.25, -0.2) is 0 Å². The van der Waals surface area contributed by atoms with Crippen molar-refractivity contribution in [1.29, 1.82) is 0 Å². The lowest BCUT2D eigenvalue weighted by Gasteiger charge is -2.30. The number of amides is 1. The second-order valence-electron chi connectivity index (χ2n) is 7.11. The first-order valence-electron chi connectivity index (χ1n) is 7.97. The largest absolute Gasteiger partial charge is 0.369 e. The Morgan fingerprint density at radius 1 is 1.50 bits per heavy atom. The van der Waals surface area contributed by atoms with Gasteiger partial charge in [-0.1, -0.05) is 0 Å². The first kappa shape index (κ1) is 14.1. The minimum atomic E-state index is -0.0958. The summed E-state index contributed by atoms with van der Waals surface area (Å²) in [6.45, 7) is 2.56. The molecule has 1 amide bonds. The van der Waals surface area contributed by atoms with Gasteiger partial charge in [-0.15, -0.1) is 0 Å². The van der Waals surface area contributed by atoms with E-state index < -0.39 is 0 Å². The zero-order valence-corrected chi connectivity index (χ0v) is 13.1. The van der Waals surface area contributed by atoms with Crippen LogP contribution in [-0.2, 0) is 4.74 Å². The third-order valence-corrected chi connectivity index (χ3v) is 5.48. The van der Waals surface area contributed by atoms with Crippen LogP contribution >= 0.6 is 0 Å². The SMILES string of the molecule is CN(C)C[C@H]1[C@@H]2CC[C@@]3(CN(C(=O)c4ccnnc4)C[C@@H]13)O2. The topological polar surface area (TPSA) is 58.6 Å². The number of hydrogen-bond donors (Lipinski definition) is 0. The summed E-state index contributed by atoms with van der Waals surface area (Å²) >= 11 is 0. The first-order chi connectivity index (χ1) is 10.6. The number of aromatic nitrogens is 2. The molecule has 3 aliphatic heterocycles. The number of carbonyl (C=O) groups is 1. The standard InChI is InChI=1S/C16H22N4O2/c1-19(2)8-12-13-9-20(10-16(13)5-3-14(12)22-16)15(21)11-4-6-17-18-7-11/h4,6-7,12-14H,3,5,8-10H2,1-2H3/t12-,13+,14+,16+/m1/s1. The number of fused-ring (bicyclic) bond motifs is 1. The normalized spacial score (nSPS) is 36.1. The van der Waals surface area contributed by atoms with Crippen LogP contribution in [-0.4, -0.2) is 71.3 Å². The van der Waals surface area contributed by atoms with E-state index in [4.69, 9.17) is 4.74 Å². The molecule has 0 saturated carbocycles. The van der Waals surface area contributed by atoms with E-state index in [1.165, 1.54) is 0 Å². The van der Waals surface area contributed by atoms with Crippen LogP contribution < -0.4 is 0 Å². The number of rotatable bonds is 3. The molecule has 6 nitrogen and oxygen atoms in total. The van der Waals surface area contributed by atoms with Gasteiger partial charge in [0, 0.05) is 24.9 Å². The van der Waals surface area contributed by atoms with Crippen molar-refractivity contribution >= 4 is 5.91 Å². The molecule has 22 heavy (non-hydrogen) atoms. The van der Waals surface area contributed by atoms with Crippen LogP contribution in [0.1, 0.15) is 23.2 Å². The average Bonchev–Trinajstić information content (AvgIpc) is 3.16. The molecule has 1 aromatic rings. The maximum Gasteiger partial charge on any atom is 0.255 e. The number of hydrogen-bond acceptors (Lipinski definition) is 5. The van der Waals surface area contributed by atoms with Gasteiger partial charge in [0.15, 0.2) is 0 Å². The summed E-state index contributed by atoms with van der Waals surface area (Å²) in [4.78, 5) is 16.9. The van der Waals surface area contributed by atoms with Crippen molar-refractivity contribution in [2.45, 2.75) is 24.5 Å². The van der Waals surface area contributed by atoms with Gasteiger partial charge in [-0.2, -0.15) is 10.2 Å². The highest BCUT2D eigenvalue weighted by Gasteiger charge is 2.63. The molecule has 0 aliphatic carbocycles. The van der Waals surface area contributed by atoms with Gasteiger partial charge in [0.05, 0.1) is 36.2 Å². The first-order valence-corrected chi connectivity index (χ1v) is 7.97. The highest BCUT2D eigenvalue weighted by Crippen LogP contribution is 2.55. The van der Waals surface area contributed by atoms with Crippen molar-refractivity contribution in [2.24, 2.45) is 11.8 Å². The Hall–Kier alpha value is -1.53. The smallest absolute Gasteiger partial charge is 0.255 e. The van der Waals surface area contributed by atoms with E-state index in [0.717, 1.165) is 32.5 Å². The van der Waals surface area contributed by atoms with Crippen molar-refractivity contribution in [2.75, 3.05) is 33.7 Å². The van der Waals surface area contributed by atoms with Crippen LogP contribution in [0.15, 0.2) is 18.5 Å². The third kappa shape index (κ3) is 2.05. The van der Waals surface area contributed by atoms with Crippen LogP contribution in [0.5, 0.6) is 0 Å². The number of nitrogens with zero attached hydrogens (tertiary/aromatic N) is 4. The van der Waals surface area contributed by atoms with Gasteiger partial charge in [0.1, 0.15) is 0 Å². The third-order valence-electron chi connectivity index (χ3n) is 5.48. The van der Waals surface area contributed by atoms with Crippen molar-refractivity contribution in [1.82, 2.24) is 20.0 Å². The molecule has 118 valence electrons. The lowest BCUT2D eigenvalue weighted by atomic mass is 9.73. The molecule has 0 unspecified atom stereocenters. The van der Waals surface area contributed by atoms with E-state index in [1.54, 1.807) is 18.5 Å². The van der Waals surface area contributed by atoms with E-state index in [0.29, 0.717) is 23.5 Å². The molecule has 4 rings (SSSR count). The van der Waals surface area contributed by atoms with E-state index in [2.05, 4.69) is 29.2 Å². The lowest BCUT2D eigenvalue weighted by Crippen LogP contribution is -2.40. The van der Waals surface area contributed by atoms with Gasteiger partial charge < -0.3 is 14.5 Å². The van der Waals surface area contributed by atoms with Gasteiger partial charge >= 0.3 is 0 Å². The molecule has 4 heterocycles. The average molecular weight is 302 g/mol. The van der Waals surface area contributed by atoms with Crippen LogP contribution in [0.3, 0.4) is 0 Å². The minimum Gasteiger partial charge on any atom is -0.369 e. The van der Waals surface area contributed by atoms with E-state index >= 15 is 0 Å². The predicted octanol–water partition coefficient (Wildman–Crippen LogP) is 0.658. The van der Waals surface area contributed by atoms with E-state index in [1.807, 2.05) is 4.90 Å². The van der Waals surface area contributed by atoms with Crippen molar-refractivity contribution < 1.29 is 9.53 Å². The number of ether oxygens (including phenoxy) is 1. The summed E-state index contributed by atoms with van der Waals surface area (Å²) in [6, 6.07) is 1.73. The zero-order chi connectivity index (χ0) is 15.3. The molecular weight excluding hydrogens is 280 g/mol. The number of carbonyl (C=O) groups excluding carboxylic acids is 1. The van der Waals surface area contributed by atoms with Gasteiger partial charge in [-0.3, -0.25) is 4.79 Å². The fraction of sp³-hybridized carbons (Fsp3) is 0.688. The summed E-state index contributed by atoms with van der Waals surface area (Å²) in [5.41, 5.74) is 0.520. The summed E-state index contributed by atoms with van der Waals surface area (Å²) < 4.78 is 6.37.